The third-order valence-corrected chi connectivity index (χ3v) is 9.15. The molecule has 1 aliphatic rings. The van der Waals surface area contributed by atoms with Crippen molar-refractivity contribution in [2.45, 2.75) is 31.0 Å². The summed E-state index contributed by atoms with van der Waals surface area (Å²) in [5, 5.41) is 30.0. The number of nitrogen functional groups attached to an aromatic ring is 1. The maximum atomic E-state index is 12.1. The van der Waals surface area contributed by atoms with E-state index in [0.717, 1.165) is 6.33 Å². The van der Waals surface area contributed by atoms with Crippen molar-refractivity contribution in [2.24, 2.45) is 7.05 Å². The molecule has 0 aromatic carbocycles. The van der Waals surface area contributed by atoms with Crippen LogP contribution in [0.2, 0.25) is 0 Å². The number of aliphatic hydroxyl groups excluding tert-OH is 1. The number of nitrogens with two attached hydrogens (primary N) is 1. The lowest BCUT2D eigenvalue weighted by Gasteiger charge is -2.27. The average molecular weight is 601 g/mol. The van der Waals surface area contributed by atoms with E-state index in [-0.39, 0.29) is 11.5 Å². The Morgan fingerprint density at radius 3 is 2.42 bits per heavy atom. The Morgan fingerprint density at radius 2 is 1.82 bits per heavy atom. The van der Waals surface area contributed by atoms with E-state index >= 15 is 0 Å². The highest BCUT2D eigenvalue weighted by atomic mass is 31.3. The minimum atomic E-state index is -5.75. The fraction of sp³-hybridized carbons (Fsp3) is 0.467. The van der Waals surface area contributed by atoms with Crippen molar-refractivity contribution in [1.29, 1.82) is 0 Å². The predicted octanol–water partition coefficient (Wildman–Crippen LogP) is -0.838. The van der Waals surface area contributed by atoms with Gasteiger partial charge in [0.05, 0.1) is 18.2 Å². The Hall–Kier alpha value is -2.15. The number of ether oxygens (including phenoxy) is 1. The zero-order valence-electron chi connectivity index (χ0n) is 19.3. The Balaban J connectivity index is 1.60. The molecule has 0 spiro atoms. The molecule has 3 aromatic heterocycles. The van der Waals surface area contributed by atoms with Crippen LogP contribution in [0.15, 0.2) is 18.7 Å². The van der Waals surface area contributed by atoms with Crippen LogP contribution in [-0.2, 0) is 38.6 Å². The van der Waals surface area contributed by atoms with Crippen LogP contribution in [-0.4, -0.2) is 83.7 Å². The van der Waals surface area contributed by atoms with Crippen LogP contribution >= 0.6 is 23.5 Å². The lowest BCUT2D eigenvalue weighted by molar-refractivity contribution is -0.0946. The van der Waals surface area contributed by atoms with Crippen LogP contribution in [0.5, 0.6) is 0 Å². The monoisotopic (exact) mass is 601 g/mol. The zero-order chi connectivity index (χ0) is 28.3. The van der Waals surface area contributed by atoms with Crippen LogP contribution in [0.1, 0.15) is 13.2 Å². The SMILES string of the molecule is Cn1cc(-c2cn([C@@H]3O[C@H](COP(=O)(O)OP(=O)(O)OP(=O)(O)O)[C@@H](O)[C@@]3(C)O)c3ncnc(N)c23)nn1. The molecular weight excluding hydrogens is 579 g/mol. The van der Waals surface area contributed by atoms with Gasteiger partial charge in [-0.2, -0.15) is 8.62 Å². The fourth-order valence-corrected chi connectivity index (χ4v) is 6.83. The van der Waals surface area contributed by atoms with Crippen molar-refractivity contribution in [3.05, 3.63) is 18.7 Å². The molecule has 23 heteroatoms. The largest absolute Gasteiger partial charge is 0.490 e. The molecule has 20 nitrogen and oxygen atoms in total. The summed E-state index contributed by atoms with van der Waals surface area (Å²) in [5.41, 5.74) is 4.94. The second kappa shape index (κ2) is 9.79. The third-order valence-electron chi connectivity index (χ3n) is 5.34. The van der Waals surface area contributed by atoms with Gasteiger partial charge in [0.2, 0.25) is 0 Å². The predicted molar refractivity (Wildman–Crippen MR) is 122 cm³/mol. The molecule has 1 fully saturated rings. The highest BCUT2D eigenvalue weighted by Gasteiger charge is 2.54. The molecule has 0 radical (unpaired) electrons. The van der Waals surface area contributed by atoms with E-state index in [1.165, 1.54) is 22.4 Å². The molecule has 8 N–H and O–H groups in total. The first-order chi connectivity index (χ1) is 17.4. The zero-order valence-corrected chi connectivity index (χ0v) is 22.0. The van der Waals surface area contributed by atoms with Crippen molar-refractivity contribution < 1.29 is 61.4 Å². The number of hydrogen-bond acceptors (Lipinski definition) is 14. The van der Waals surface area contributed by atoms with Crippen molar-refractivity contribution in [3.8, 4) is 11.3 Å². The summed E-state index contributed by atoms with van der Waals surface area (Å²) in [6, 6.07) is 0. The topological polar surface area (TPSA) is 297 Å². The van der Waals surface area contributed by atoms with Gasteiger partial charge in [-0.25, -0.2) is 23.7 Å². The first-order valence-corrected chi connectivity index (χ1v) is 14.7. The Labute approximate surface area is 212 Å². The highest BCUT2D eigenvalue weighted by molar-refractivity contribution is 7.66. The maximum absolute atomic E-state index is 12.1. The molecule has 0 bridgehead atoms. The molecule has 2 unspecified atom stereocenters. The Kier molecular flexibility index (Phi) is 7.44. The first kappa shape index (κ1) is 28.8. The van der Waals surface area contributed by atoms with Crippen molar-refractivity contribution in [2.75, 3.05) is 12.3 Å². The number of aryl methyl sites for hydroxylation is 1. The standard InChI is InChI=1S/C15H22N7O13P3/c1-15(24)11(23)9(5-32-37(28,29)35-38(30,31)34-36(25,26)27)33-14(15)22-3-7(8-4-21(2)20-19-8)10-12(16)17-6-18-13(10)22/h3-4,6,9,11,14,23-24H,5H2,1-2H3,(H,28,29)(H,30,31)(H2,16,17,18)(H2,25,26,27)/t9-,11-,14-,15-/m1/s1. The molecular formula is C15H22N7O13P3. The summed E-state index contributed by atoms with van der Waals surface area (Å²) in [6.45, 7) is 0.205. The van der Waals surface area contributed by atoms with Crippen LogP contribution in [0, 0.1) is 0 Å². The van der Waals surface area contributed by atoms with Crippen molar-refractivity contribution in [1.82, 2.24) is 29.5 Å². The molecule has 0 amide bonds. The number of aromatic nitrogens is 6. The van der Waals surface area contributed by atoms with Gasteiger partial charge in [0.25, 0.3) is 0 Å². The minimum absolute atomic E-state index is 0.0665. The van der Waals surface area contributed by atoms with Gasteiger partial charge in [-0.05, 0) is 6.92 Å². The molecule has 0 saturated carbocycles. The normalized spacial score (nSPS) is 27.4. The van der Waals surface area contributed by atoms with Crippen LogP contribution in [0.25, 0.3) is 22.3 Å². The number of nitrogens with zero attached hydrogens (tertiary/aromatic N) is 6. The number of fused-ring (bicyclic) bond motifs is 1. The summed E-state index contributed by atoms with van der Waals surface area (Å²) in [7, 11) is -15.2. The second-order valence-electron chi connectivity index (χ2n) is 8.27. The maximum Gasteiger partial charge on any atom is 0.490 e. The average Bonchev–Trinajstić information content (AvgIpc) is 3.40. The number of hydrogen-bond donors (Lipinski definition) is 7. The highest BCUT2D eigenvalue weighted by Crippen LogP contribution is 2.66. The molecule has 1 saturated heterocycles. The van der Waals surface area contributed by atoms with Crippen LogP contribution in [0.3, 0.4) is 0 Å². The van der Waals surface area contributed by atoms with Crippen molar-refractivity contribution >= 4 is 40.3 Å². The van der Waals surface area contributed by atoms with Gasteiger partial charge in [0.1, 0.15) is 41.3 Å². The second-order valence-corrected chi connectivity index (χ2v) is 12.7. The summed E-state index contributed by atoms with van der Waals surface area (Å²) < 4.78 is 54.6. The third kappa shape index (κ3) is 5.88. The van der Waals surface area contributed by atoms with E-state index in [0.29, 0.717) is 16.6 Å². The minimum Gasteiger partial charge on any atom is -0.387 e. The van der Waals surface area contributed by atoms with Gasteiger partial charge in [0, 0.05) is 18.8 Å². The molecule has 4 rings (SSSR count). The Bertz CT molecular complexity index is 1500. The van der Waals surface area contributed by atoms with E-state index in [2.05, 4.69) is 33.4 Å². The number of phosphoric ester groups is 1. The van der Waals surface area contributed by atoms with Crippen molar-refractivity contribution in [3.63, 3.8) is 0 Å². The van der Waals surface area contributed by atoms with Crippen LogP contribution in [0.4, 0.5) is 5.82 Å². The van der Waals surface area contributed by atoms with E-state index in [4.69, 9.17) is 20.3 Å². The number of aliphatic hydroxyl groups is 2. The smallest absolute Gasteiger partial charge is 0.387 e. The summed E-state index contributed by atoms with van der Waals surface area (Å²) in [6.07, 6.45) is -0.487. The fourth-order valence-electron chi connectivity index (χ4n) is 3.80. The molecule has 4 heterocycles. The van der Waals surface area contributed by atoms with E-state index in [9.17, 15) is 33.7 Å². The number of anilines is 1. The summed E-state index contributed by atoms with van der Waals surface area (Å²) in [5.74, 6) is 0.0665. The van der Waals surface area contributed by atoms with Crippen LogP contribution < -0.4 is 5.73 Å². The molecule has 0 aliphatic carbocycles. The van der Waals surface area contributed by atoms with E-state index in [1.54, 1.807) is 13.2 Å². The first-order valence-electron chi connectivity index (χ1n) is 10.2. The lowest BCUT2D eigenvalue weighted by atomic mass is 9.96. The Morgan fingerprint density at radius 1 is 1.13 bits per heavy atom. The molecule has 6 atom stereocenters. The molecule has 3 aromatic rings. The molecule has 1 aliphatic heterocycles. The van der Waals surface area contributed by atoms with E-state index < -0.39 is 54.1 Å². The molecule has 38 heavy (non-hydrogen) atoms. The van der Waals surface area contributed by atoms with Gasteiger partial charge >= 0.3 is 23.5 Å². The van der Waals surface area contributed by atoms with Gasteiger partial charge in [-0.15, -0.1) is 5.10 Å². The number of rotatable bonds is 9. The summed E-state index contributed by atoms with van der Waals surface area (Å²) in [4.78, 5) is 44.3. The van der Waals surface area contributed by atoms with Gasteiger partial charge < -0.3 is 44.8 Å². The van der Waals surface area contributed by atoms with Gasteiger partial charge in [0.15, 0.2) is 6.23 Å². The van der Waals surface area contributed by atoms with Gasteiger partial charge in [-0.1, -0.05) is 5.21 Å². The lowest BCUT2D eigenvalue weighted by Crippen LogP contribution is -2.44. The van der Waals surface area contributed by atoms with Gasteiger partial charge in [-0.3, -0.25) is 9.21 Å². The molecule has 210 valence electrons. The van der Waals surface area contributed by atoms with E-state index in [1.807, 2.05) is 0 Å². The quantitative estimate of drug-likeness (QED) is 0.147. The summed E-state index contributed by atoms with van der Waals surface area (Å²) >= 11 is 0. The number of phosphoric acid groups is 3.